The maximum absolute atomic E-state index is 5.96. The van der Waals surface area contributed by atoms with Crippen molar-refractivity contribution in [3.05, 3.63) is 48.2 Å². The largest absolute Gasteiger partial charge is 0.324 e. The van der Waals surface area contributed by atoms with Gasteiger partial charge in [0.25, 0.3) is 0 Å². The molecule has 5 nitrogen and oxygen atoms in total. The maximum atomic E-state index is 5.96. The van der Waals surface area contributed by atoms with Crippen molar-refractivity contribution in [3.8, 4) is 5.82 Å². The zero-order chi connectivity index (χ0) is 12.5. The zero-order valence-electron chi connectivity index (χ0n) is 9.99. The number of aromatic nitrogens is 4. The van der Waals surface area contributed by atoms with Gasteiger partial charge in [0.1, 0.15) is 5.52 Å². The Hall–Kier alpha value is -2.27. The fraction of sp³-hybridized carbons (Fsp3) is 0.154. The lowest BCUT2D eigenvalue weighted by Crippen LogP contribution is -2.12. The molecule has 1 atom stereocenters. The second kappa shape index (κ2) is 4.19. The minimum Gasteiger partial charge on any atom is -0.324 e. The van der Waals surface area contributed by atoms with Crippen molar-refractivity contribution in [2.24, 2.45) is 5.73 Å². The highest BCUT2D eigenvalue weighted by molar-refractivity contribution is 5.75. The Morgan fingerprint density at radius 2 is 2.00 bits per heavy atom. The van der Waals surface area contributed by atoms with Crippen LogP contribution in [0.15, 0.2) is 42.6 Å². The van der Waals surface area contributed by atoms with Crippen LogP contribution in [0.1, 0.15) is 18.5 Å². The average Bonchev–Trinajstić information content (AvgIpc) is 2.82. The Morgan fingerprint density at radius 1 is 1.17 bits per heavy atom. The Balaban J connectivity index is 2.27. The molecular weight excluding hydrogens is 226 g/mol. The summed E-state index contributed by atoms with van der Waals surface area (Å²) in [5, 5.41) is 8.28. The standard InChI is InChI=1S/C13H13N5/c1-9(14)10-5-4-8-15-13(10)18-12-7-3-2-6-11(12)16-17-18/h2-9H,14H2,1H3/t9-/m0/s1. The van der Waals surface area contributed by atoms with Gasteiger partial charge < -0.3 is 5.73 Å². The number of rotatable bonds is 2. The predicted octanol–water partition coefficient (Wildman–Crippen LogP) is 1.84. The number of benzene rings is 1. The highest BCUT2D eigenvalue weighted by Gasteiger charge is 2.13. The lowest BCUT2D eigenvalue weighted by molar-refractivity contribution is 0.747. The zero-order valence-corrected chi connectivity index (χ0v) is 9.99. The van der Waals surface area contributed by atoms with Crippen LogP contribution in [0.4, 0.5) is 0 Å². The van der Waals surface area contributed by atoms with Gasteiger partial charge in [0.05, 0.1) is 5.52 Å². The topological polar surface area (TPSA) is 69.6 Å². The summed E-state index contributed by atoms with van der Waals surface area (Å²) in [7, 11) is 0. The number of nitrogens with zero attached hydrogens (tertiary/aromatic N) is 4. The van der Waals surface area contributed by atoms with Crippen molar-refractivity contribution in [2.45, 2.75) is 13.0 Å². The van der Waals surface area contributed by atoms with Crippen LogP contribution in [-0.2, 0) is 0 Å². The van der Waals surface area contributed by atoms with E-state index >= 15 is 0 Å². The van der Waals surface area contributed by atoms with E-state index in [-0.39, 0.29) is 6.04 Å². The highest BCUT2D eigenvalue weighted by Crippen LogP contribution is 2.20. The molecule has 0 unspecified atom stereocenters. The first-order valence-corrected chi connectivity index (χ1v) is 5.78. The Kier molecular flexibility index (Phi) is 2.53. The van der Waals surface area contributed by atoms with E-state index in [1.165, 1.54) is 0 Å². The molecule has 3 rings (SSSR count). The molecule has 18 heavy (non-hydrogen) atoms. The van der Waals surface area contributed by atoms with Gasteiger partial charge in [-0.2, -0.15) is 4.68 Å². The van der Waals surface area contributed by atoms with Gasteiger partial charge in [0, 0.05) is 17.8 Å². The molecule has 0 saturated heterocycles. The Bertz CT molecular complexity index is 686. The van der Waals surface area contributed by atoms with Gasteiger partial charge in [-0.15, -0.1) is 5.10 Å². The third kappa shape index (κ3) is 1.65. The van der Waals surface area contributed by atoms with Crippen LogP contribution in [0.2, 0.25) is 0 Å². The van der Waals surface area contributed by atoms with E-state index in [9.17, 15) is 0 Å². The SMILES string of the molecule is C[C@H](N)c1cccnc1-n1nnc2ccccc21. The van der Waals surface area contributed by atoms with Crippen LogP contribution in [0.25, 0.3) is 16.9 Å². The van der Waals surface area contributed by atoms with Crippen LogP contribution in [0, 0.1) is 0 Å². The van der Waals surface area contributed by atoms with Crippen molar-refractivity contribution >= 4 is 11.0 Å². The normalized spacial score (nSPS) is 12.8. The van der Waals surface area contributed by atoms with Gasteiger partial charge >= 0.3 is 0 Å². The lowest BCUT2D eigenvalue weighted by atomic mass is 10.1. The molecule has 0 fully saturated rings. The molecule has 5 heteroatoms. The molecule has 2 N–H and O–H groups in total. The lowest BCUT2D eigenvalue weighted by Gasteiger charge is -2.11. The third-order valence-corrected chi connectivity index (χ3v) is 2.86. The minimum atomic E-state index is -0.100. The molecule has 0 bridgehead atoms. The molecule has 3 aromatic rings. The van der Waals surface area contributed by atoms with E-state index < -0.39 is 0 Å². The number of hydrogen-bond acceptors (Lipinski definition) is 4. The van der Waals surface area contributed by atoms with Crippen molar-refractivity contribution in [3.63, 3.8) is 0 Å². The van der Waals surface area contributed by atoms with E-state index in [0.717, 1.165) is 22.4 Å². The van der Waals surface area contributed by atoms with E-state index in [4.69, 9.17) is 5.73 Å². The maximum Gasteiger partial charge on any atom is 0.160 e. The van der Waals surface area contributed by atoms with Gasteiger partial charge in [-0.3, -0.25) is 0 Å². The molecule has 0 saturated carbocycles. The first kappa shape index (κ1) is 10.9. The van der Waals surface area contributed by atoms with Crippen LogP contribution in [-0.4, -0.2) is 20.0 Å². The summed E-state index contributed by atoms with van der Waals surface area (Å²) in [4.78, 5) is 4.37. The monoisotopic (exact) mass is 239 g/mol. The summed E-state index contributed by atoms with van der Waals surface area (Å²) in [6, 6.07) is 11.5. The number of fused-ring (bicyclic) bond motifs is 1. The van der Waals surface area contributed by atoms with Gasteiger partial charge in [-0.25, -0.2) is 4.98 Å². The molecule has 2 heterocycles. The first-order chi connectivity index (χ1) is 8.77. The smallest absolute Gasteiger partial charge is 0.160 e. The molecule has 0 spiro atoms. The Morgan fingerprint density at radius 3 is 2.83 bits per heavy atom. The summed E-state index contributed by atoms with van der Waals surface area (Å²) in [5.74, 6) is 0.737. The minimum absolute atomic E-state index is 0.100. The second-order valence-corrected chi connectivity index (χ2v) is 4.19. The summed E-state index contributed by atoms with van der Waals surface area (Å²) in [5.41, 5.74) is 8.69. The fourth-order valence-electron chi connectivity index (χ4n) is 1.97. The second-order valence-electron chi connectivity index (χ2n) is 4.19. The highest BCUT2D eigenvalue weighted by atomic mass is 15.4. The molecule has 0 aliphatic carbocycles. The van der Waals surface area contributed by atoms with Gasteiger partial charge in [0.2, 0.25) is 0 Å². The van der Waals surface area contributed by atoms with Crippen LogP contribution < -0.4 is 5.73 Å². The molecule has 1 aromatic carbocycles. The number of hydrogen-bond donors (Lipinski definition) is 1. The van der Waals surface area contributed by atoms with Gasteiger partial charge in [0.15, 0.2) is 5.82 Å². The van der Waals surface area contributed by atoms with Gasteiger partial charge in [-0.1, -0.05) is 23.4 Å². The van der Waals surface area contributed by atoms with Gasteiger partial charge in [-0.05, 0) is 25.1 Å². The average molecular weight is 239 g/mol. The first-order valence-electron chi connectivity index (χ1n) is 5.78. The van der Waals surface area contributed by atoms with E-state index in [1.807, 2.05) is 43.3 Å². The third-order valence-electron chi connectivity index (χ3n) is 2.86. The molecule has 2 aromatic heterocycles. The van der Waals surface area contributed by atoms with Crippen molar-refractivity contribution in [1.82, 2.24) is 20.0 Å². The molecule has 0 amide bonds. The summed E-state index contributed by atoms with van der Waals surface area (Å²) in [6.45, 7) is 1.93. The molecular formula is C13H13N5. The molecule has 0 aliphatic heterocycles. The van der Waals surface area contributed by atoms with Crippen molar-refractivity contribution in [2.75, 3.05) is 0 Å². The van der Waals surface area contributed by atoms with E-state index in [1.54, 1.807) is 10.9 Å². The van der Waals surface area contributed by atoms with Crippen molar-refractivity contribution < 1.29 is 0 Å². The Labute approximate surface area is 104 Å². The number of nitrogens with two attached hydrogens (primary N) is 1. The van der Waals surface area contributed by atoms with Crippen LogP contribution in [0.5, 0.6) is 0 Å². The molecule has 0 aliphatic rings. The van der Waals surface area contributed by atoms with Crippen LogP contribution >= 0.6 is 0 Å². The quantitative estimate of drug-likeness (QED) is 0.740. The molecule has 0 radical (unpaired) electrons. The van der Waals surface area contributed by atoms with E-state index in [0.29, 0.717) is 0 Å². The summed E-state index contributed by atoms with van der Waals surface area (Å²) in [6.07, 6.45) is 1.73. The van der Waals surface area contributed by atoms with Crippen molar-refractivity contribution in [1.29, 1.82) is 0 Å². The molecule has 90 valence electrons. The van der Waals surface area contributed by atoms with Crippen LogP contribution in [0.3, 0.4) is 0 Å². The number of pyridine rings is 1. The number of para-hydroxylation sites is 1. The van der Waals surface area contributed by atoms with E-state index in [2.05, 4.69) is 15.3 Å². The summed E-state index contributed by atoms with van der Waals surface area (Å²) >= 11 is 0. The predicted molar refractivity (Wildman–Crippen MR) is 69.3 cm³/mol. The summed E-state index contributed by atoms with van der Waals surface area (Å²) < 4.78 is 1.73. The fourth-order valence-corrected chi connectivity index (χ4v) is 1.97.